The minimum atomic E-state index is 0.544. The second-order valence-electron chi connectivity index (χ2n) is 3.42. The number of nitrogens with one attached hydrogen (secondary N) is 2. The summed E-state index contributed by atoms with van der Waals surface area (Å²) in [6.07, 6.45) is 0. The molecular formula is C12H12N4OS. The molecule has 2 aromatic rings. The molecule has 0 atom stereocenters. The van der Waals surface area contributed by atoms with E-state index in [-0.39, 0.29) is 0 Å². The van der Waals surface area contributed by atoms with Crippen molar-refractivity contribution < 1.29 is 4.74 Å². The first-order chi connectivity index (χ1) is 8.76. The summed E-state index contributed by atoms with van der Waals surface area (Å²) in [6.45, 7) is 0. The van der Waals surface area contributed by atoms with Crippen molar-refractivity contribution in [1.82, 2.24) is 4.98 Å². The quantitative estimate of drug-likeness (QED) is 0.884. The van der Waals surface area contributed by atoms with E-state index in [1.165, 1.54) is 11.3 Å². The Bertz CT molecular complexity index is 588. The lowest BCUT2D eigenvalue weighted by Crippen LogP contribution is -1.94. The van der Waals surface area contributed by atoms with Gasteiger partial charge in [0.15, 0.2) is 15.8 Å². The van der Waals surface area contributed by atoms with Gasteiger partial charge in [0, 0.05) is 18.8 Å². The fraction of sp³-hybridized carbons (Fsp3) is 0.167. The Labute approximate surface area is 109 Å². The number of methoxy groups -OCH3 is 1. The zero-order valence-electron chi connectivity index (χ0n) is 10.0. The molecule has 5 nitrogen and oxygen atoms in total. The smallest absolute Gasteiger partial charge is 0.185 e. The average Bonchev–Trinajstić information content (AvgIpc) is 2.81. The van der Waals surface area contributed by atoms with E-state index in [4.69, 9.17) is 10.00 Å². The third kappa shape index (κ3) is 2.52. The molecule has 0 spiro atoms. The third-order valence-corrected chi connectivity index (χ3v) is 3.25. The highest BCUT2D eigenvalue weighted by molar-refractivity contribution is 7.16. The maximum absolute atomic E-state index is 9.03. The minimum Gasteiger partial charge on any atom is -0.497 e. The van der Waals surface area contributed by atoms with Crippen molar-refractivity contribution in [3.05, 3.63) is 29.1 Å². The number of rotatable bonds is 4. The summed E-state index contributed by atoms with van der Waals surface area (Å²) in [4.78, 5) is 4.83. The molecule has 1 aromatic carbocycles. The molecule has 0 aliphatic heterocycles. The van der Waals surface area contributed by atoms with E-state index < -0.39 is 0 Å². The van der Waals surface area contributed by atoms with Crippen LogP contribution >= 0.6 is 11.3 Å². The summed E-state index contributed by atoms with van der Waals surface area (Å²) in [6, 6.07) is 9.59. The Morgan fingerprint density at radius 1 is 1.44 bits per heavy atom. The fourth-order valence-corrected chi connectivity index (χ4v) is 2.10. The van der Waals surface area contributed by atoms with Crippen molar-refractivity contribution in [3.63, 3.8) is 0 Å². The number of benzene rings is 1. The van der Waals surface area contributed by atoms with Gasteiger partial charge in [-0.25, -0.2) is 4.98 Å². The molecule has 0 fully saturated rings. The maximum Gasteiger partial charge on any atom is 0.185 e. The van der Waals surface area contributed by atoms with Crippen LogP contribution in [0.15, 0.2) is 24.3 Å². The van der Waals surface area contributed by atoms with Gasteiger partial charge in [0.1, 0.15) is 11.8 Å². The summed E-state index contributed by atoms with van der Waals surface area (Å²) in [5.41, 5.74) is 0.832. The van der Waals surface area contributed by atoms with Crippen LogP contribution in [0, 0.1) is 11.3 Å². The number of hydrogen-bond acceptors (Lipinski definition) is 6. The van der Waals surface area contributed by atoms with Gasteiger partial charge >= 0.3 is 0 Å². The number of hydrogen-bond donors (Lipinski definition) is 2. The van der Waals surface area contributed by atoms with Crippen LogP contribution in [0.4, 0.5) is 16.6 Å². The Morgan fingerprint density at radius 2 is 2.28 bits per heavy atom. The van der Waals surface area contributed by atoms with Crippen molar-refractivity contribution in [2.45, 2.75) is 0 Å². The van der Waals surface area contributed by atoms with Crippen LogP contribution in [0.1, 0.15) is 4.88 Å². The van der Waals surface area contributed by atoms with Gasteiger partial charge in [-0.05, 0) is 12.1 Å². The van der Waals surface area contributed by atoms with E-state index in [0.717, 1.165) is 11.4 Å². The van der Waals surface area contributed by atoms with Gasteiger partial charge in [-0.15, -0.1) is 0 Å². The van der Waals surface area contributed by atoms with Gasteiger partial charge in [0.05, 0.1) is 7.11 Å². The first kappa shape index (κ1) is 12.2. The molecule has 1 aromatic heterocycles. The average molecular weight is 260 g/mol. The molecule has 18 heavy (non-hydrogen) atoms. The third-order valence-electron chi connectivity index (χ3n) is 2.28. The molecule has 0 aliphatic rings. The van der Waals surface area contributed by atoms with E-state index in [2.05, 4.69) is 21.7 Å². The lowest BCUT2D eigenvalue weighted by Gasteiger charge is -2.05. The summed E-state index contributed by atoms with van der Waals surface area (Å²) in [7, 11) is 3.39. The molecule has 0 bridgehead atoms. The molecule has 0 aliphatic carbocycles. The molecule has 0 radical (unpaired) electrons. The zero-order chi connectivity index (χ0) is 13.0. The number of thiazole rings is 1. The highest BCUT2D eigenvalue weighted by Gasteiger charge is 2.10. The van der Waals surface area contributed by atoms with Gasteiger partial charge < -0.3 is 15.4 Å². The maximum atomic E-state index is 9.03. The highest BCUT2D eigenvalue weighted by Crippen LogP contribution is 2.29. The number of ether oxygens (including phenoxy) is 1. The monoisotopic (exact) mass is 260 g/mol. The highest BCUT2D eigenvalue weighted by atomic mass is 32.1. The SMILES string of the molecule is CNc1nc(Nc2cccc(OC)c2)c(C#N)s1. The lowest BCUT2D eigenvalue weighted by molar-refractivity contribution is 0.415. The Kier molecular flexibility index (Phi) is 3.65. The summed E-state index contributed by atoms with van der Waals surface area (Å²) >= 11 is 1.31. The van der Waals surface area contributed by atoms with E-state index in [1.807, 2.05) is 24.3 Å². The predicted molar refractivity (Wildman–Crippen MR) is 72.7 cm³/mol. The number of aromatic nitrogens is 1. The lowest BCUT2D eigenvalue weighted by atomic mass is 10.3. The topological polar surface area (TPSA) is 70.0 Å². The predicted octanol–water partition coefficient (Wildman–Crippen LogP) is 2.81. The van der Waals surface area contributed by atoms with Crippen molar-refractivity contribution in [1.29, 1.82) is 5.26 Å². The first-order valence-corrected chi connectivity index (χ1v) is 6.08. The Balaban J connectivity index is 2.27. The second-order valence-corrected chi connectivity index (χ2v) is 4.41. The minimum absolute atomic E-state index is 0.544. The van der Waals surface area contributed by atoms with Crippen LogP contribution in [0.25, 0.3) is 0 Å². The van der Waals surface area contributed by atoms with Crippen LogP contribution < -0.4 is 15.4 Å². The van der Waals surface area contributed by atoms with Crippen molar-refractivity contribution in [3.8, 4) is 11.8 Å². The van der Waals surface area contributed by atoms with Crippen molar-refractivity contribution in [2.24, 2.45) is 0 Å². The molecule has 0 unspecified atom stereocenters. The standard InChI is InChI=1S/C12H12N4OS/c1-14-12-16-11(10(7-13)18-12)15-8-4-3-5-9(6-8)17-2/h3-6,15H,1-2H3,(H,14,16). The van der Waals surface area contributed by atoms with Crippen molar-refractivity contribution in [2.75, 3.05) is 24.8 Å². The molecule has 6 heteroatoms. The second kappa shape index (κ2) is 5.38. The molecule has 2 N–H and O–H groups in total. The zero-order valence-corrected chi connectivity index (χ0v) is 10.8. The van der Waals surface area contributed by atoms with Gasteiger partial charge in [-0.3, -0.25) is 0 Å². The van der Waals surface area contributed by atoms with E-state index in [9.17, 15) is 0 Å². The van der Waals surface area contributed by atoms with Gasteiger partial charge in [-0.2, -0.15) is 5.26 Å². The van der Waals surface area contributed by atoms with E-state index >= 15 is 0 Å². The number of nitrogens with zero attached hydrogens (tertiary/aromatic N) is 2. The molecule has 0 amide bonds. The molecule has 2 rings (SSSR count). The summed E-state index contributed by atoms with van der Waals surface area (Å²) in [5, 5.41) is 15.8. The molecule has 1 heterocycles. The normalized spacial score (nSPS) is 9.61. The fourth-order valence-electron chi connectivity index (χ4n) is 1.43. The summed E-state index contributed by atoms with van der Waals surface area (Å²) < 4.78 is 5.14. The summed E-state index contributed by atoms with van der Waals surface area (Å²) in [5.74, 6) is 1.31. The van der Waals surface area contributed by atoms with Gasteiger partial charge in [0.25, 0.3) is 0 Å². The van der Waals surface area contributed by atoms with Crippen LogP contribution in [-0.4, -0.2) is 19.1 Å². The number of nitriles is 1. The van der Waals surface area contributed by atoms with Crippen LogP contribution in [0.5, 0.6) is 5.75 Å². The number of anilines is 3. The molecule has 92 valence electrons. The molecular weight excluding hydrogens is 248 g/mol. The molecule has 0 saturated heterocycles. The van der Waals surface area contributed by atoms with Crippen LogP contribution in [-0.2, 0) is 0 Å². The van der Waals surface area contributed by atoms with Crippen LogP contribution in [0.3, 0.4) is 0 Å². The van der Waals surface area contributed by atoms with Crippen LogP contribution in [0.2, 0.25) is 0 Å². The van der Waals surface area contributed by atoms with Gasteiger partial charge in [0.2, 0.25) is 0 Å². The largest absolute Gasteiger partial charge is 0.497 e. The Hall–Kier alpha value is -2.26. The van der Waals surface area contributed by atoms with Gasteiger partial charge in [-0.1, -0.05) is 17.4 Å². The molecule has 0 saturated carbocycles. The van der Waals surface area contributed by atoms with Crippen molar-refractivity contribution >= 4 is 28.0 Å². The van der Waals surface area contributed by atoms with E-state index in [1.54, 1.807) is 14.2 Å². The Morgan fingerprint density at radius 3 is 2.94 bits per heavy atom. The first-order valence-electron chi connectivity index (χ1n) is 5.26. The van der Waals surface area contributed by atoms with E-state index in [0.29, 0.717) is 15.8 Å².